The summed E-state index contributed by atoms with van der Waals surface area (Å²) in [5, 5.41) is 12.9. The van der Waals surface area contributed by atoms with Crippen molar-refractivity contribution in [3.63, 3.8) is 0 Å². The van der Waals surface area contributed by atoms with Gasteiger partial charge in [0.05, 0.1) is 4.92 Å². The van der Waals surface area contributed by atoms with Crippen LogP contribution in [0.4, 0.5) is 14.5 Å². The highest BCUT2D eigenvalue weighted by Crippen LogP contribution is 2.23. The van der Waals surface area contributed by atoms with E-state index in [1.165, 1.54) is 0 Å². The molecule has 1 atom stereocenters. The van der Waals surface area contributed by atoms with Crippen molar-refractivity contribution >= 4 is 23.2 Å². The molecule has 0 aromatic heterocycles. The van der Waals surface area contributed by atoms with E-state index in [-0.39, 0.29) is 6.04 Å². The second-order valence-electron chi connectivity index (χ2n) is 4.22. The van der Waals surface area contributed by atoms with Crippen molar-refractivity contribution in [1.82, 2.24) is 5.32 Å². The van der Waals surface area contributed by atoms with Gasteiger partial charge in [-0.05, 0) is 25.8 Å². The molecule has 0 bridgehead atoms. The first-order valence-corrected chi connectivity index (χ1v) is 6.41. The Hall–Kier alpha value is -1.76. The van der Waals surface area contributed by atoms with Gasteiger partial charge in [0.2, 0.25) is 5.82 Å². The Kier molecular flexibility index (Phi) is 5.82. The molecule has 20 heavy (non-hydrogen) atoms. The molecule has 0 heterocycles. The minimum absolute atomic E-state index is 0.348. The number of nitrogens with one attached hydrogen (secondary N) is 1. The minimum Gasteiger partial charge on any atom is -0.349 e. The molecule has 8 heteroatoms. The first kappa shape index (κ1) is 16.3. The van der Waals surface area contributed by atoms with E-state index in [0.29, 0.717) is 30.9 Å². The van der Waals surface area contributed by atoms with E-state index in [4.69, 9.17) is 11.6 Å². The molecule has 0 saturated heterocycles. The van der Waals surface area contributed by atoms with Gasteiger partial charge in [0.1, 0.15) is 11.4 Å². The molecule has 1 amide bonds. The minimum atomic E-state index is -1.47. The van der Waals surface area contributed by atoms with Gasteiger partial charge < -0.3 is 5.32 Å². The van der Waals surface area contributed by atoms with Crippen LogP contribution in [0, 0.1) is 21.7 Å². The average molecular weight is 307 g/mol. The summed E-state index contributed by atoms with van der Waals surface area (Å²) in [5.74, 6) is -3.24. The molecule has 0 aliphatic heterocycles. The van der Waals surface area contributed by atoms with Gasteiger partial charge in [-0.2, -0.15) is 4.39 Å². The van der Waals surface area contributed by atoms with Gasteiger partial charge in [0, 0.05) is 18.0 Å². The third-order valence-corrected chi connectivity index (χ3v) is 2.91. The number of nitro benzene ring substituents is 1. The lowest BCUT2D eigenvalue weighted by atomic mass is 10.1. The first-order chi connectivity index (χ1) is 9.38. The highest BCUT2D eigenvalue weighted by molar-refractivity contribution is 6.17. The predicted octanol–water partition coefficient (Wildman–Crippen LogP) is 3.01. The molecule has 0 fully saturated rings. The fourth-order valence-electron chi connectivity index (χ4n) is 1.64. The lowest BCUT2D eigenvalue weighted by Gasteiger charge is -2.13. The van der Waals surface area contributed by atoms with Crippen LogP contribution in [0.15, 0.2) is 12.1 Å². The summed E-state index contributed by atoms with van der Waals surface area (Å²) in [6.45, 7) is 1.65. The number of alkyl halides is 1. The number of hydrogen-bond acceptors (Lipinski definition) is 3. The molecule has 0 aliphatic carbocycles. The summed E-state index contributed by atoms with van der Waals surface area (Å²) in [6, 6.07) is 1.03. The van der Waals surface area contributed by atoms with E-state index in [1.807, 2.05) is 0 Å². The van der Waals surface area contributed by atoms with Crippen molar-refractivity contribution in [1.29, 1.82) is 0 Å². The van der Waals surface area contributed by atoms with Gasteiger partial charge in [0.25, 0.3) is 5.91 Å². The van der Waals surface area contributed by atoms with E-state index < -0.39 is 33.7 Å². The lowest BCUT2D eigenvalue weighted by Crippen LogP contribution is -2.34. The van der Waals surface area contributed by atoms with Gasteiger partial charge >= 0.3 is 5.69 Å². The lowest BCUT2D eigenvalue weighted by molar-refractivity contribution is -0.387. The molecule has 110 valence electrons. The zero-order chi connectivity index (χ0) is 15.3. The maximum absolute atomic E-state index is 13.8. The molecule has 5 nitrogen and oxygen atoms in total. The Bertz CT molecular complexity index is 526. The van der Waals surface area contributed by atoms with Crippen molar-refractivity contribution < 1.29 is 18.5 Å². The number of carbonyl (C=O) groups is 1. The maximum atomic E-state index is 13.8. The van der Waals surface area contributed by atoms with Crippen molar-refractivity contribution in [3.8, 4) is 0 Å². The van der Waals surface area contributed by atoms with Crippen molar-refractivity contribution in [2.75, 3.05) is 5.88 Å². The molecular weight excluding hydrogens is 294 g/mol. The zero-order valence-corrected chi connectivity index (χ0v) is 11.4. The fraction of sp³-hybridized carbons (Fsp3) is 0.417. The highest BCUT2D eigenvalue weighted by atomic mass is 35.5. The molecule has 1 N–H and O–H groups in total. The second-order valence-corrected chi connectivity index (χ2v) is 4.60. The number of nitrogens with zero attached hydrogens (tertiary/aromatic N) is 1. The van der Waals surface area contributed by atoms with E-state index >= 15 is 0 Å². The molecule has 1 aromatic rings. The van der Waals surface area contributed by atoms with E-state index in [9.17, 15) is 23.7 Å². The Balaban J connectivity index is 2.98. The number of halogens is 3. The summed E-state index contributed by atoms with van der Waals surface area (Å²) in [5.41, 5.74) is -1.89. The van der Waals surface area contributed by atoms with Crippen LogP contribution < -0.4 is 5.32 Å². The largest absolute Gasteiger partial charge is 0.349 e. The SMILES string of the molecule is CC(CCCCl)NC(=O)c1c(F)ccc([N+](=O)[O-])c1F. The predicted molar refractivity (Wildman–Crippen MR) is 69.9 cm³/mol. The molecule has 1 aromatic carbocycles. The molecular formula is C12H13ClF2N2O3. The normalized spacial score (nSPS) is 12.0. The van der Waals surface area contributed by atoms with Crippen molar-refractivity contribution in [2.24, 2.45) is 0 Å². The number of benzene rings is 1. The van der Waals surface area contributed by atoms with Crippen molar-refractivity contribution in [2.45, 2.75) is 25.8 Å². The molecule has 0 aliphatic rings. The van der Waals surface area contributed by atoms with Crippen molar-refractivity contribution in [3.05, 3.63) is 39.4 Å². The van der Waals surface area contributed by atoms with Crippen LogP contribution in [0.25, 0.3) is 0 Å². The van der Waals surface area contributed by atoms with Gasteiger partial charge in [-0.15, -0.1) is 11.6 Å². The maximum Gasteiger partial charge on any atom is 0.305 e. The number of carbonyl (C=O) groups excluding carboxylic acids is 1. The number of rotatable bonds is 6. The van der Waals surface area contributed by atoms with Gasteiger partial charge in [-0.3, -0.25) is 14.9 Å². The van der Waals surface area contributed by atoms with Crippen LogP contribution in [-0.2, 0) is 0 Å². The monoisotopic (exact) mass is 306 g/mol. The van der Waals surface area contributed by atoms with Gasteiger partial charge in [-0.25, -0.2) is 4.39 Å². The summed E-state index contributed by atoms with van der Waals surface area (Å²) in [4.78, 5) is 21.3. The third-order valence-electron chi connectivity index (χ3n) is 2.64. The van der Waals surface area contributed by atoms with Crippen LogP contribution in [0.1, 0.15) is 30.1 Å². The van der Waals surface area contributed by atoms with Crippen LogP contribution in [-0.4, -0.2) is 22.8 Å². The first-order valence-electron chi connectivity index (χ1n) is 5.87. The second kappa shape index (κ2) is 7.14. The molecule has 0 saturated carbocycles. The van der Waals surface area contributed by atoms with E-state index in [0.717, 1.165) is 0 Å². The Labute approximate surface area is 119 Å². The van der Waals surface area contributed by atoms with E-state index in [2.05, 4.69) is 5.32 Å². The summed E-state index contributed by atoms with van der Waals surface area (Å²) in [7, 11) is 0. The summed E-state index contributed by atoms with van der Waals surface area (Å²) < 4.78 is 27.3. The Morgan fingerprint density at radius 3 is 2.70 bits per heavy atom. The molecule has 0 radical (unpaired) electrons. The van der Waals surface area contributed by atoms with Gasteiger partial charge in [-0.1, -0.05) is 0 Å². The van der Waals surface area contributed by atoms with Crippen LogP contribution in [0.2, 0.25) is 0 Å². The standard InChI is InChI=1S/C12H13ClF2N2O3/c1-7(3-2-6-13)16-12(18)10-8(14)4-5-9(11(10)15)17(19)20/h4-5,7H,2-3,6H2,1H3,(H,16,18). The van der Waals surface area contributed by atoms with Crippen LogP contribution >= 0.6 is 11.6 Å². The smallest absolute Gasteiger partial charge is 0.305 e. The number of amides is 1. The number of nitro groups is 1. The fourth-order valence-corrected chi connectivity index (χ4v) is 1.80. The van der Waals surface area contributed by atoms with Gasteiger partial charge in [0.15, 0.2) is 0 Å². The van der Waals surface area contributed by atoms with E-state index in [1.54, 1.807) is 6.92 Å². The Morgan fingerprint density at radius 1 is 1.50 bits per heavy atom. The highest BCUT2D eigenvalue weighted by Gasteiger charge is 2.26. The topological polar surface area (TPSA) is 72.2 Å². The molecule has 1 unspecified atom stereocenters. The summed E-state index contributed by atoms with van der Waals surface area (Å²) >= 11 is 5.50. The van der Waals surface area contributed by atoms with Crippen LogP contribution in [0.3, 0.4) is 0 Å². The average Bonchev–Trinajstić information content (AvgIpc) is 2.35. The summed E-state index contributed by atoms with van der Waals surface area (Å²) in [6.07, 6.45) is 1.16. The quantitative estimate of drug-likeness (QED) is 0.499. The Morgan fingerprint density at radius 2 is 2.15 bits per heavy atom. The third kappa shape index (κ3) is 3.86. The van der Waals surface area contributed by atoms with Crippen LogP contribution in [0.5, 0.6) is 0 Å². The number of hydrogen-bond donors (Lipinski definition) is 1. The molecule has 1 rings (SSSR count). The zero-order valence-electron chi connectivity index (χ0n) is 10.7. The molecule has 0 spiro atoms.